The molecule has 3 rings (SSSR count). The quantitative estimate of drug-likeness (QED) is 0.746. The highest BCUT2D eigenvalue weighted by Crippen LogP contribution is 2.33. The Morgan fingerprint density at radius 3 is 2.96 bits per heavy atom. The Labute approximate surface area is 136 Å². The smallest absolute Gasteiger partial charge is 0.269 e. The monoisotopic (exact) mass is 330 g/mol. The zero-order chi connectivity index (χ0) is 17.1. The molecule has 10 heteroatoms. The SMILES string of the molecule is CCC(=O)c1ccc2c(c1)N(CC(=O)Nc1nn[nH]n1)C(=O)CO2. The molecule has 124 valence electrons. The first-order chi connectivity index (χ1) is 11.6. The van der Waals surface area contributed by atoms with E-state index in [0.29, 0.717) is 23.4 Å². The molecule has 0 radical (unpaired) electrons. The first-order valence-electron chi connectivity index (χ1n) is 7.22. The van der Waals surface area contributed by atoms with Crippen molar-refractivity contribution in [3.8, 4) is 5.75 Å². The van der Waals surface area contributed by atoms with Gasteiger partial charge in [-0.1, -0.05) is 12.0 Å². The van der Waals surface area contributed by atoms with Gasteiger partial charge in [-0.2, -0.15) is 5.21 Å². The molecule has 1 aromatic heterocycles. The number of amides is 2. The molecule has 0 atom stereocenters. The van der Waals surface area contributed by atoms with Crippen LogP contribution in [0.1, 0.15) is 23.7 Å². The van der Waals surface area contributed by atoms with Crippen LogP contribution >= 0.6 is 0 Å². The molecule has 0 unspecified atom stereocenters. The highest BCUT2D eigenvalue weighted by atomic mass is 16.5. The van der Waals surface area contributed by atoms with E-state index in [9.17, 15) is 14.4 Å². The van der Waals surface area contributed by atoms with Crippen molar-refractivity contribution >= 4 is 29.2 Å². The summed E-state index contributed by atoms with van der Waals surface area (Å²) in [6.45, 7) is 1.32. The number of Topliss-reactive ketones (excluding diaryl/α,β-unsaturated/α-hetero) is 1. The second kappa shape index (κ2) is 6.44. The summed E-state index contributed by atoms with van der Waals surface area (Å²) in [6.07, 6.45) is 0.339. The fourth-order valence-electron chi connectivity index (χ4n) is 2.28. The summed E-state index contributed by atoms with van der Waals surface area (Å²) < 4.78 is 5.35. The molecule has 0 spiro atoms. The van der Waals surface area contributed by atoms with Crippen LogP contribution in [0.2, 0.25) is 0 Å². The minimum atomic E-state index is -0.496. The van der Waals surface area contributed by atoms with E-state index in [-0.39, 0.29) is 30.8 Å². The normalized spacial score (nSPS) is 13.2. The molecule has 24 heavy (non-hydrogen) atoms. The van der Waals surface area contributed by atoms with Crippen molar-refractivity contribution < 1.29 is 19.1 Å². The Bertz CT molecular complexity index is 789. The lowest BCUT2D eigenvalue weighted by atomic mass is 10.1. The van der Waals surface area contributed by atoms with Gasteiger partial charge in [-0.05, 0) is 23.4 Å². The molecule has 1 aliphatic rings. The van der Waals surface area contributed by atoms with Crippen LogP contribution in [0.25, 0.3) is 0 Å². The molecule has 1 aliphatic heterocycles. The number of aromatic amines is 1. The summed E-state index contributed by atoms with van der Waals surface area (Å²) in [5.41, 5.74) is 0.840. The van der Waals surface area contributed by atoms with Crippen LogP contribution in [0.5, 0.6) is 5.75 Å². The average Bonchev–Trinajstić information content (AvgIpc) is 3.09. The first kappa shape index (κ1) is 15.6. The van der Waals surface area contributed by atoms with E-state index in [0.717, 1.165) is 0 Å². The number of hydrogen-bond acceptors (Lipinski definition) is 7. The molecule has 2 amide bonds. The summed E-state index contributed by atoms with van der Waals surface area (Å²) in [5.74, 6) is -0.492. The lowest BCUT2D eigenvalue weighted by molar-refractivity contribution is -0.123. The topological polar surface area (TPSA) is 130 Å². The maximum absolute atomic E-state index is 12.1. The third-order valence-corrected chi connectivity index (χ3v) is 3.44. The fourth-order valence-corrected chi connectivity index (χ4v) is 2.28. The molecule has 0 saturated heterocycles. The van der Waals surface area contributed by atoms with Gasteiger partial charge in [-0.25, -0.2) is 0 Å². The van der Waals surface area contributed by atoms with Crippen molar-refractivity contribution in [3.05, 3.63) is 23.8 Å². The van der Waals surface area contributed by atoms with Gasteiger partial charge in [0.2, 0.25) is 5.91 Å². The number of benzene rings is 1. The van der Waals surface area contributed by atoms with Crippen LogP contribution in [0.15, 0.2) is 18.2 Å². The lowest BCUT2D eigenvalue weighted by Gasteiger charge is -2.29. The highest BCUT2D eigenvalue weighted by Gasteiger charge is 2.28. The van der Waals surface area contributed by atoms with E-state index in [4.69, 9.17) is 4.74 Å². The number of carbonyl (C=O) groups is 3. The molecule has 0 bridgehead atoms. The average molecular weight is 330 g/mol. The summed E-state index contributed by atoms with van der Waals surface area (Å²) in [7, 11) is 0. The van der Waals surface area contributed by atoms with Crippen molar-refractivity contribution in [1.82, 2.24) is 20.6 Å². The summed E-state index contributed by atoms with van der Waals surface area (Å²) in [4.78, 5) is 37.3. The molecule has 2 N–H and O–H groups in total. The number of rotatable bonds is 5. The minimum Gasteiger partial charge on any atom is -0.482 e. The number of fused-ring (bicyclic) bond motifs is 1. The molecular weight excluding hydrogens is 316 g/mol. The fraction of sp³-hybridized carbons (Fsp3) is 0.286. The molecule has 2 heterocycles. The number of tetrazole rings is 1. The van der Waals surface area contributed by atoms with E-state index in [2.05, 4.69) is 25.9 Å². The minimum absolute atomic E-state index is 0.0100. The van der Waals surface area contributed by atoms with Crippen LogP contribution in [0, 0.1) is 0 Å². The van der Waals surface area contributed by atoms with E-state index in [1.165, 1.54) is 4.90 Å². The van der Waals surface area contributed by atoms with E-state index in [1.54, 1.807) is 25.1 Å². The van der Waals surface area contributed by atoms with Crippen LogP contribution in [0.4, 0.5) is 11.6 Å². The maximum atomic E-state index is 12.1. The van der Waals surface area contributed by atoms with Crippen LogP contribution < -0.4 is 15.0 Å². The van der Waals surface area contributed by atoms with E-state index < -0.39 is 5.91 Å². The molecule has 2 aromatic rings. The van der Waals surface area contributed by atoms with E-state index >= 15 is 0 Å². The van der Waals surface area contributed by atoms with Crippen molar-refractivity contribution in [3.63, 3.8) is 0 Å². The second-order valence-electron chi connectivity index (χ2n) is 5.01. The van der Waals surface area contributed by atoms with Gasteiger partial charge in [-0.3, -0.25) is 24.6 Å². The zero-order valence-electron chi connectivity index (χ0n) is 12.8. The number of H-pyrrole nitrogens is 1. The van der Waals surface area contributed by atoms with Crippen molar-refractivity contribution in [1.29, 1.82) is 0 Å². The Morgan fingerprint density at radius 2 is 2.25 bits per heavy atom. The molecular formula is C14H14N6O4. The Hall–Kier alpha value is -3.30. The number of aromatic nitrogens is 4. The van der Waals surface area contributed by atoms with Gasteiger partial charge in [0, 0.05) is 12.0 Å². The predicted molar refractivity (Wildman–Crippen MR) is 81.7 cm³/mol. The van der Waals surface area contributed by atoms with Gasteiger partial charge in [-0.15, -0.1) is 5.10 Å². The predicted octanol–water partition coefficient (Wildman–Crippen LogP) is 0.156. The second-order valence-corrected chi connectivity index (χ2v) is 5.01. The Kier molecular flexibility index (Phi) is 4.18. The van der Waals surface area contributed by atoms with Gasteiger partial charge >= 0.3 is 0 Å². The van der Waals surface area contributed by atoms with Crippen molar-refractivity contribution in [2.24, 2.45) is 0 Å². The Balaban J connectivity index is 1.84. The van der Waals surface area contributed by atoms with Crippen molar-refractivity contribution in [2.75, 3.05) is 23.4 Å². The molecule has 0 saturated carbocycles. The largest absolute Gasteiger partial charge is 0.482 e. The Morgan fingerprint density at radius 1 is 1.42 bits per heavy atom. The van der Waals surface area contributed by atoms with Gasteiger partial charge in [0.05, 0.1) is 5.69 Å². The van der Waals surface area contributed by atoms with Gasteiger partial charge < -0.3 is 4.74 Å². The molecule has 1 aromatic carbocycles. The van der Waals surface area contributed by atoms with Crippen LogP contribution in [-0.2, 0) is 9.59 Å². The molecule has 0 fully saturated rings. The van der Waals surface area contributed by atoms with E-state index in [1.807, 2.05) is 0 Å². The number of hydrogen-bond donors (Lipinski definition) is 2. The lowest BCUT2D eigenvalue weighted by Crippen LogP contribution is -2.43. The number of carbonyl (C=O) groups excluding carboxylic acids is 3. The van der Waals surface area contributed by atoms with Gasteiger partial charge in [0.1, 0.15) is 12.3 Å². The number of anilines is 2. The summed E-state index contributed by atoms with van der Waals surface area (Å²) in [5, 5.41) is 15.2. The highest BCUT2D eigenvalue weighted by molar-refractivity contribution is 6.06. The van der Waals surface area contributed by atoms with Crippen LogP contribution in [-0.4, -0.2) is 51.4 Å². The summed E-state index contributed by atoms with van der Waals surface area (Å²) in [6, 6.07) is 4.81. The first-order valence-corrected chi connectivity index (χ1v) is 7.22. The van der Waals surface area contributed by atoms with Gasteiger partial charge in [0.15, 0.2) is 12.4 Å². The third-order valence-electron chi connectivity index (χ3n) is 3.44. The van der Waals surface area contributed by atoms with Crippen molar-refractivity contribution in [2.45, 2.75) is 13.3 Å². The standard InChI is InChI=1S/C14H14N6O4/c1-2-10(21)8-3-4-11-9(5-8)20(13(23)7-24-11)6-12(22)15-14-16-18-19-17-14/h3-5H,2,6-7H2,1H3,(H2,15,16,17,18,19,22). The van der Waals surface area contributed by atoms with Crippen LogP contribution in [0.3, 0.4) is 0 Å². The number of ketones is 1. The summed E-state index contributed by atoms with van der Waals surface area (Å²) >= 11 is 0. The van der Waals surface area contributed by atoms with Gasteiger partial charge in [0.25, 0.3) is 11.9 Å². The third kappa shape index (κ3) is 3.07. The molecule has 10 nitrogen and oxygen atoms in total. The number of nitrogens with one attached hydrogen (secondary N) is 2. The molecule has 0 aliphatic carbocycles. The zero-order valence-corrected chi connectivity index (χ0v) is 12.8. The number of ether oxygens (including phenoxy) is 1. The maximum Gasteiger partial charge on any atom is 0.269 e. The number of nitrogens with zero attached hydrogens (tertiary/aromatic N) is 4.